The largest absolute Gasteiger partial charge is 0.388 e. The lowest BCUT2D eigenvalue weighted by Crippen LogP contribution is -2.17. The van der Waals surface area contributed by atoms with Gasteiger partial charge in [0.15, 0.2) is 0 Å². The van der Waals surface area contributed by atoms with E-state index in [1.165, 1.54) is 16.8 Å². The molecule has 0 bridgehead atoms. The molecule has 2 heterocycles. The van der Waals surface area contributed by atoms with Crippen molar-refractivity contribution < 1.29 is 0 Å². The Balaban J connectivity index is 1.72. The van der Waals surface area contributed by atoms with Crippen molar-refractivity contribution in [1.82, 2.24) is 15.1 Å². The number of nitrogens with one attached hydrogen (secondary N) is 2. The first-order valence-corrected chi connectivity index (χ1v) is 9.44. The predicted molar refractivity (Wildman–Crippen MR) is 108 cm³/mol. The van der Waals surface area contributed by atoms with Crippen LogP contribution in [0, 0.1) is 0 Å². The number of hydrogen-bond acceptors (Lipinski definition) is 3. The number of anilines is 1. The van der Waals surface area contributed by atoms with Crippen LogP contribution in [0.25, 0.3) is 11.3 Å². The first-order valence-electron chi connectivity index (χ1n) is 9.06. The Morgan fingerprint density at radius 1 is 1.04 bits per heavy atom. The number of nitrogens with zero attached hydrogens (tertiary/aromatic N) is 2. The maximum absolute atomic E-state index is 6.07. The number of aromatic nitrogens is 2. The second kappa shape index (κ2) is 7.52. The zero-order valence-electron chi connectivity index (χ0n) is 14.9. The topological polar surface area (TPSA) is 41.9 Å². The van der Waals surface area contributed by atoms with Crippen LogP contribution in [0.15, 0.2) is 48.5 Å². The fraction of sp³-hybridized carbons (Fsp3) is 0.286. The third-order valence-electron chi connectivity index (χ3n) is 4.95. The Bertz CT molecular complexity index is 882. The van der Waals surface area contributed by atoms with Crippen molar-refractivity contribution >= 4 is 17.3 Å². The molecule has 3 aromatic rings. The molecular formula is C21H23ClN4. The summed E-state index contributed by atoms with van der Waals surface area (Å²) in [5.74, 6) is 0. The van der Waals surface area contributed by atoms with Gasteiger partial charge in [0.2, 0.25) is 0 Å². The third-order valence-corrected chi connectivity index (χ3v) is 5.20. The standard InChI is InChI=1S/C21H23ClN4/c1-23-18-8-2-15(3-9-18)14-26-20-11-13-24-12-10-19(20)21(25-26)16-4-6-17(22)7-5-16/h2-9,23-24H,10-14H2,1H3. The van der Waals surface area contributed by atoms with E-state index >= 15 is 0 Å². The molecule has 2 N–H and O–H groups in total. The highest BCUT2D eigenvalue weighted by atomic mass is 35.5. The van der Waals surface area contributed by atoms with Crippen LogP contribution >= 0.6 is 11.6 Å². The SMILES string of the molecule is CNc1ccc(Cn2nc(-c3ccc(Cl)cc3)c3c2CCNCC3)cc1. The Morgan fingerprint density at radius 3 is 2.50 bits per heavy atom. The van der Waals surface area contributed by atoms with Crippen LogP contribution in [0.5, 0.6) is 0 Å². The molecule has 0 fully saturated rings. The maximum Gasteiger partial charge on any atom is 0.0958 e. The van der Waals surface area contributed by atoms with Gasteiger partial charge in [0.05, 0.1) is 12.2 Å². The lowest BCUT2D eigenvalue weighted by molar-refractivity contribution is 0.629. The number of fused-ring (bicyclic) bond motifs is 1. The van der Waals surface area contributed by atoms with Gasteiger partial charge in [0.25, 0.3) is 0 Å². The van der Waals surface area contributed by atoms with Gasteiger partial charge in [-0.2, -0.15) is 5.10 Å². The van der Waals surface area contributed by atoms with E-state index in [-0.39, 0.29) is 0 Å². The van der Waals surface area contributed by atoms with Crippen molar-refractivity contribution in [3.8, 4) is 11.3 Å². The summed E-state index contributed by atoms with van der Waals surface area (Å²) in [7, 11) is 1.94. The molecule has 5 heteroatoms. The van der Waals surface area contributed by atoms with Crippen LogP contribution in [0.2, 0.25) is 5.02 Å². The maximum atomic E-state index is 6.07. The minimum absolute atomic E-state index is 0.755. The molecule has 134 valence electrons. The Kier molecular flexibility index (Phi) is 4.96. The number of hydrogen-bond donors (Lipinski definition) is 2. The molecule has 4 rings (SSSR count). The molecule has 0 amide bonds. The summed E-state index contributed by atoms with van der Waals surface area (Å²) < 4.78 is 2.18. The summed E-state index contributed by atoms with van der Waals surface area (Å²) in [5, 5.41) is 12.4. The highest BCUT2D eigenvalue weighted by Gasteiger charge is 2.20. The molecule has 0 spiro atoms. The van der Waals surface area contributed by atoms with Crippen molar-refractivity contribution in [2.75, 3.05) is 25.5 Å². The monoisotopic (exact) mass is 366 g/mol. The van der Waals surface area contributed by atoms with Gasteiger partial charge in [-0.05, 0) is 42.8 Å². The average Bonchev–Trinajstić information content (AvgIpc) is 2.84. The number of benzene rings is 2. The van der Waals surface area contributed by atoms with E-state index in [0.29, 0.717) is 0 Å². The van der Waals surface area contributed by atoms with Crippen LogP contribution in [0.4, 0.5) is 5.69 Å². The van der Waals surface area contributed by atoms with E-state index in [0.717, 1.165) is 54.4 Å². The van der Waals surface area contributed by atoms with Crippen LogP contribution in [-0.2, 0) is 19.4 Å². The van der Waals surface area contributed by atoms with Crippen LogP contribution in [0.3, 0.4) is 0 Å². The molecule has 1 aromatic heterocycles. The summed E-state index contributed by atoms with van der Waals surface area (Å²) >= 11 is 6.07. The molecule has 0 atom stereocenters. The lowest BCUT2D eigenvalue weighted by Gasteiger charge is -2.08. The van der Waals surface area contributed by atoms with Gasteiger partial charge in [0, 0.05) is 47.5 Å². The van der Waals surface area contributed by atoms with Crippen molar-refractivity contribution in [3.05, 3.63) is 70.4 Å². The van der Waals surface area contributed by atoms with E-state index in [9.17, 15) is 0 Å². The van der Waals surface area contributed by atoms with Crippen molar-refractivity contribution in [3.63, 3.8) is 0 Å². The Labute approximate surface area is 159 Å². The van der Waals surface area contributed by atoms with Crippen LogP contribution < -0.4 is 10.6 Å². The molecule has 0 saturated carbocycles. The molecule has 26 heavy (non-hydrogen) atoms. The quantitative estimate of drug-likeness (QED) is 0.733. The fourth-order valence-corrected chi connectivity index (χ4v) is 3.67. The third kappa shape index (κ3) is 3.48. The van der Waals surface area contributed by atoms with E-state index in [2.05, 4.69) is 51.7 Å². The molecule has 0 radical (unpaired) electrons. The van der Waals surface area contributed by atoms with E-state index in [1.807, 2.05) is 19.2 Å². The van der Waals surface area contributed by atoms with Crippen molar-refractivity contribution in [1.29, 1.82) is 0 Å². The predicted octanol–water partition coefficient (Wildman–Crippen LogP) is 3.98. The van der Waals surface area contributed by atoms with E-state index in [1.54, 1.807) is 0 Å². The summed E-state index contributed by atoms with van der Waals surface area (Å²) in [4.78, 5) is 0. The normalized spacial score (nSPS) is 13.9. The van der Waals surface area contributed by atoms with Gasteiger partial charge in [0.1, 0.15) is 0 Å². The summed E-state index contributed by atoms with van der Waals surface area (Å²) in [5.41, 5.74) is 7.32. The first-order chi connectivity index (χ1) is 12.7. The first kappa shape index (κ1) is 17.1. The summed E-state index contributed by atoms with van der Waals surface area (Å²) in [6.07, 6.45) is 2.01. The zero-order valence-corrected chi connectivity index (χ0v) is 15.7. The fourth-order valence-electron chi connectivity index (χ4n) is 3.54. The minimum atomic E-state index is 0.755. The molecule has 2 aromatic carbocycles. The average molecular weight is 367 g/mol. The second-order valence-corrected chi connectivity index (χ2v) is 7.07. The molecule has 4 nitrogen and oxygen atoms in total. The highest BCUT2D eigenvalue weighted by molar-refractivity contribution is 6.30. The van der Waals surface area contributed by atoms with Gasteiger partial charge in [-0.3, -0.25) is 4.68 Å². The van der Waals surface area contributed by atoms with E-state index < -0.39 is 0 Å². The number of rotatable bonds is 4. The molecular weight excluding hydrogens is 344 g/mol. The number of halogens is 1. The Morgan fingerprint density at radius 2 is 1.77 bits per heavy atom. The van der Waals surface area contributed by atoms with Gasteiger partial charge >= 0.3 is 0 Å². The molecule has 0 saturated heterocycles. The molecule has 1 aliphatic heterocycles. The van der Waals surface area contributed by atoms with Gasteiger partial charge in [-0.1, -0.05) is 35.9 Å². The zero-order chi connectivity index (χ0) is 17.9. The smallest absolute Gasteiger partial charge is 0.0958 e. The molecule has 1 aliphatic rings. The summed E-state index contributed by atoms with van der Waals surface area (Å²) in [6, 6.07) is 16.6. The van der Waals surface area contributed by atoms with Gasteiger partial charge in [-0.15, -0.1) is 0 Å². The van der Waals surface area contributed by atoms with Gasteiger partial charge < -0.3 is 10.6 Å². The summed E-state index contributed by atoms with van der Waals surface area (Å²) in [6.45, 7) is 2.79. The van der Waals surface area contributed by atoms with Crippen LogP contribution in [-0.4, -0.2) is 29.9 Å². The Hall–Kier alpha value is -2.30. The highest BCUT2D eigenvalue weighted by Crippen LogP contribution is 2.29. The lowest BCUT2D eigenvalue weighted by atomic mass is 10.0. The second-order valence-electron chi connectivity index (χ2n) is 6.64. The van der Waals surface area contributed by atoms with Crippen molar-refractivity contribution in [2.45, 2.75) is 19.4 Å². The minimum Gasteiger partial charge on any atom is -0.388 e. The van der Waals surface area contributed by atoms with Gasteiger partial charge in [-0.25, -0.2) is 0 Å². The molecule has 0 unspecified atom stereocenters. The van der Waals surface area contributed by atoms with E-state index in [4.69, 9.17) is 16.7 Å². The van der Waals surface area contributed by atoms with Crippen LogP contribution in [0.1, 0.15) is 16.8 Å². The van der Waals surface area contributed by atoms with Crippen molar-refractivity contribution in [2.24, 2.45) is 0 Å². The molecule has 0 aliphatic carbocycles.